The molecule has 1 fully saturated rings. The smallest absolute Gasteiger partial charge is 0.141 e. The van der Waals surface area contributed by atoms with Gasteiger partial charge in [-0.1, -0.05) is 6.92 Å². The van der Waals surface area contributed by atoms with Gasteiger partial charge in [0.25, 0.3) is 0 Å². The van der Waals surface area contributed by atoms with Crippen LogP contribution in [0.1, 0.15) is 37.9 Å². The molecule has 2 atom stereocenters. The summed E-state index contributed by atoms with van der Waals surface area (Å²) in [5.74, 6) is 0.481. The number of hydrogen-bond acceptors (Lipinski definition) is 3. The fourth-order valence-electron chi connectivity index (χ4n) is 2.57. The maximum absolute atomic E-state index is 12.8. The summed E-state index contributed by atoms with van der Waals surface area (Å²) in [6, 6.07) is 3.01. The van der Waals surface area contributed by atoms with Crippen molar-refractivity contribution in [3.05, 3.63) is 29.8 Å². The Morgan fingerprint density at radius 3 is 3.06 bits per heavy atom. The lowest BCUT2D eigenvalue weighted by Crippen LogP contribution is -2.36. The van der Waals surface area contributed by atoms with E-state index in [9.17, 15) is 4.39 Å². The van der Waals surface area contributed by atoms with Crippen molar-refractivity contribution in [2.24, 2.45) is 11.7 Å². The van der Waals surface area contributed by atoms with Gasteiger partial charge in [-0.15, -0.1) is 0 Å². The van der Waals surface area contributed by atoms with Crippen LogP contribution < -0.4 is 5.73 Å². The van der Waals surface area contributed by atoms with Gasteiger partial charge in [0.2, 0.25) is 0 Å². The third-order valence-corrected chi connectivity index (χ3v) is 3.63. The molecule has 3 nitrogen and oxygen atoms in total. The van der Waals surface area contributed by atoms with E-state index in [4.69, 9.17) is 5.73 Å². The van der Waals surface area contributed by atoms with Gasteiger partial charge in [-0.25, -0.2) is 4.39 Å². The predicted molar refractivity (Wildman–Crippen MR) is 70.6 cm³/mol. The highest BCUT2D eigenvalue weighted by atomic mass is 19.1. The maximum Gasteiger partial charge on any atom is 0.141 e. The summed E-state index contributed by atoms with van der Waals surface area (Å²) >= 11 is 0. The number of likely N-dealkylation sites (tertiary alicyclic amines) is 1. The van der Waals surface area contributed by atoms with Crippen molar-refractivity contribution in [3.8, 4) is 0 Å². The van der Waals surface area contributed by atoms with E-state index in [0.717, 1.165) is 24.6 Å². The molecule has 2 N–H and O–H groups in total. The summed E-state index contributed by atoms with van der Waals surface area (Å²) in [6.07, 6.45) is 4.73. The first kappa shape index (κ1) is 13.4. The Balaban J connectivity index is 1.80. The van der Waals surface area contributed by atoms with Gasteiger partial charge in [-0.05, 0) is 43.9 Å². The highest BCUT2D eigenvalue weighted by molar-refractivity contribution is 5.09. The first-order chi connectivity index (χ1) is 8.65. The Labute approximate surface area is 108 Å². The number of halogens is 1. The molecule has 1 aromatic rings. The normalized spacial score (nSPS) is 22.9. The SMILES string of the molecule is CC1CCCN(CCC(N)c2ccc(F)cn2)C1. The lowest BCUT2D eigenvalue weighted by Gasteiger charge is -2.31. The van der Waals surface area contributed by atoms with Crippen LogP contribution in [-0.4, -0.2) is 29.5 Å². The van der Waals surface area contributed by atoms with E-state index < -0.39 is 0 Å². The van der Waals surface area contributed by atoms with Gasteiger partial charge in [0.05, 0.1) is 11.9 Å². The molecule has 100 valence electrons. The number of pyridine rings is 1. The van der Waals surface area contributed by atoms with Crippen LogP contribution in [0.15, 0.2) is 18.3 Å². The second-order valence-electron chi connectivity index (χ2n) is 5.34. The molecule has 0 amide bonds. The molecule has 1 aliphatic rings. The first-order valence-electron chi connectivity index (χ1n) is 6.74. The van der Waals surface area contributed by atoms with Gasteiger partial charge in [-0.3, -0.25) is 4.98 Å². The molecule has 2 heterocycles. The molecule has 0 aliphatic carbocycles. The van der Waals surface area contributed by atoms with Crippen molar-refractivity contribution in [3.63, 3.8) is 0 Å². The number of aromatic nitrogens is 1. The molecule has 0 bridgehead atoms. The number of rotatable bonds is 4. The molecule has 4 heteroatoms. The summed E-state index contributed by atoms with van der Waals surface area (Å²) in [7, 11) is 0. The monoisotopic (exact) mass is 251 g/mol. The Morgan fingerprint density at radius 2 is 2.39 bits per heavy atom. The number of nitrogens with two attached hydrogens (primary N) is 1. The fourth-order valence-corrected chi connectivity index (χ4v) is 2.57. The van der Waals surface area contributed by atoms with Crippen molar-refractivity contribution in [2.45, 2.75) is 32.2 Å². The largest absolute Gasteiger partial charge is 0.323 e. The number of nitrogens with zero attached hydrogens (tertiary/aromatic N) is 2. The average molecular weight is 251 g/mol. The molecule has 1 aliphatic heterocycles. The Bertz CT molecular complexity index is 366. The van der Waals surface area contributed by atoms with Crippen LogP contribution in [0.2, 0.25) is 0 Å². The van der Waals surface area contributed by atoms with E-state index in [2.05, 4.69) is 16.8 Å². The van der Waals surface area contributed by atoms with E-state index in [1.54, 1.807) is 6.07 Å². The second-order valence-corrected chi connectivity index (χ2v) is 5.34. The molecular formula is C14H22FN3. The fraction of sp³-hybridized carbons (Fsp3) is 0.643. The molecule has 18 heavy (non-hydrogen) atoms. The number of hydrogen-bond donors (Lipinski definition) is 1. The molecule has 1 saturated heterocycles. The molecular weight excluding hydrogens is 229 g/mol. The summed E-state index contributed by atoms with van der Waals surface area (Å²) < 4.78 is 12.8. The average Bonchev–Trinajstić information content (AvgIpc) is 2.37. The zero-order valence-corrected chi connectivity index (χ0v) is 11.0. The summed E-state index contributed by atoms with van der Waals surface area (Å²) in [5, 5.41) is 0. The molecule has 0 saturated carbocycles. The van der Waals surface area contributed by atoms with Gasteiger partial charge in [0.15, 0.2) is 0 Å². The molecule has 2 unspecified atom stereocenters. The zero-order chi connectivity index (χ0) is 13.0. The van der Waals surface area contributed by atoms with E-state index in [0.29, 0.717) is 0 Å². The highest BCUT2D eigenvalue weighted by Crippen LogP contribution is 2.18. The second kappa shape index (κ2) is 6.25. The van der Waals surface area contributed by atoms with Crippen molar-refractivity contribution < 1.29 is 4.39 Å². The minimum Gasteiger partial charge on any atom is -0.323 e. The van der Waals surface area contributed by atoms with Crippen LogP contribution in [0.5, 0.6) is 0 Å². The van der Waals surface area contributed by atoms with Gasteiger partial charge in [-0.2, -0.15) is 0 Å². The van der Waals surface area contributed by atoms with E-state index in [1.165, 1.54) is 38.2 Å². The Morgan fingerprint density at radius 1 is 1.56 bits per heavy atom. The standard InChI is InChI=1S/C14H22FN3/c1-11-3-2-7-18(10-11)8-6-13(16)14-5-4-12(15)9-17-14/h4-5,9,11,13H,2-3,6-8,10,16H2,1H3. The Hall–Kier alpha value is -1.00. The molecule has 0 radical (unpaired) electrons. The van der Waals surface area contributed by atoms with E-state index >= 15 is 0 Å². The van der Waals surface area contributed by atoms with Crippen molar-refractivity contribution in [1.82, 2.24) is 9.88 Å². The van der Waals surface area contributed by atoms with Crippen LogP contribution in [0.25, 0.3) is 0 Å². The van der Waals surface area contributed by atoms with Gasteiger partial charge >= 0.3 is 0 Å². The van der Waals surface area contributed by atoms with Crippen LogP contribution in [0.4, 0.5) is 4.39 Å². The van der Waals surface area contributed by atoms with E-state index in [1.807, 2.05) is 0 Å². The topological polar surface area (TPSA) is 42.1 Å². The lowest BCUT2D eigenvalue weighted by molar-refractivity contribution is 0.178. The van der Waals surface area contributed by atoms with Gasteiger partial charge in [0.1, 0.15) is 5.82 Å². The predicted octanol–water partition coefficient (Wildman–Crippen LogP) is 2.34. The van der Waals surface area contributed by atoms with Crippen molar-refractivity contribution in [1.29, 1.82) is 0 Å². The minimum atomic E-state index is -0.309. The number of piperidine rings is 1. The highest BCUT2D eigenvalue weighted by Gasteiger charge is 2.17. The van der Waals surface area contributed by atoms with Crippen molar-refractivity contribution >= 4 is 0 Å². The summed E-state index contributed by atoms with van der Waals surface area (Å²) in [5.41, 5.74) is 6.86. The Kier molecular flexibility index (Phi) is 4.66. The zero-order valence-electron chi connectivity index (χ0n) is 11.0. The quantitative estimate of drug-likeness (QED) is 0.893. The van der Waals surface area contributed by atoms with Crippen LogP contribution in [-0.2, 0) is 0 Å². The lowest BCUT2D eigenvalue weighted by atomic mass is 9.99. The van der Waals surface area contributed by atoms with Crippen molar-refractivity contribution in [2.75, 3.05) is 19.6 Å². The van der Waals surface area contributed by atoms with Gasteiger partial charge < -0.3 is 10.6 Å². The minimum absolute atomic E-state index is 0.0946. The van der Waals surface area contributed by atoms with Crippen LogP contribution >= 0.6 is 0 Å². The van der Waals surface area contributed by atoms with Crippen LogP contribution in [0.3, 0.4) is 0 Å². The summed E-state index contributed by atoms with van der Waals surface area (Å²) in [4.78, 5) is 6.51. The third-order valence-electron chi connectivity index (χ3n) is 3.63. The molecule has 1 aromatic heterocycles. The van der Waals surface area contributed by atoms with Crippen LogP contribution in [0, 0.1) is 11.7 Å². The maximum atomic E-state index is 12.8. The molecule has 2 rings (SSSR count). The molecule has 0 spiro atoms. The third kappa shape index (κ3) is 3.75. The van der Waals surface area contributed by atoms with E-state index in [-0.39, 0.29) is 11.9 Å². The van der Waals surface area contributed by atoms with Gasteiger partial charge in [0, 0.05) is 19.1 Å². The first-order valence-corrected chi connectivity index (χ1v) is 6.74. The molecule has 0 aromatic carbocycles. The summed E-state index contributed by atoms with van der Waals surface area (Å²) in [6.45, 7) is 5.65.